The number of carbonyl (C=O) groups excluding carboxylic acids is 1. The lowest BCUT2D eigenvalue weighted by molar-refractivity contribution is 0.102. The van der Waals surface area contributed by atoms with Gasteiger partial charge in [0.25, 0.3) is 5.91 Å². The third kappa shape index (κ3) is 3.80. The minimum Gasteiger partial charge on any atom is -0.493 e. The Kier molecular flexibility index (Phi) is 4.80. The number of thiazole rings is 1. The number of aromatic nitrogens is 1. The van der Waals surface area contributed by atoms with E-state index in [-0.39, 0.29) is 12.7 Å². The predicted molar refractivity (Wildman–Crippen MR) is 100.0 cm³/mol. The molecule has 8 heteroatoms. The van der Waals surface area contributed by atoms with E-state index in [2.05, 4.69) is 10.3 Å². The first-order valence-electron chi connectivity index (χ1n) is 8.12. The summed E-state index contributed by atoms with van der Waals surface area (Å²) in [6.07, 6.45) is 0. The zero-order valence-electron chi connectivity index (χ0n) is 14.4. The topological polar surface area (TPSA) is 78.9 Å². The summed E-state index contributed by atoms with van der Waals surface area (Å²) in [7, 11) is 1.53. The van der Waals surface area contributed by atoms with Crippen molar-refractivity contribution in [2.45, 2.75) is 6.61 Å². The van der Waals surface area contributed by atoms with E-state index in [0.29, 0.717) is 40.9 Å². The van der Waals surface area contributed by atoms with Crippen LogP contribution in [-0.2, 0) is 6.61 Å². The summed E-state index contributed by atoms with van der Waals surface area (Å²) >= 11 is 1.51. The number of fused-ring (bicyclic) bond motifs is 1. The molecule has 1 aliphatic heterocycles. The summed E-state index contributed by atoms with van der Waals surface area (Å²) in [5, 5.41) is 4.75. The molecule has 0 fully saturated rings. The van der Waals surface area contributed by atoms with Gasteiger partial charge in [-0.25, -0.2) is 4.98 Å². The van der Waals surface area contributed by atoms with Crippen molar-refractivity contribution in [2.75, 3.05) is 19.2 Å². The van der Waals surface area contributed by atoms with Crippen molar-refractivity contribution in [3.63, 3.8) is 0 Å². The van der Waals surface area contributed by atoms with Crippen molar-refractivity contribution in [3.8, 4) is 23.0 Å². The molecule has 2 heterocycles. The number of rotatable bonds is 6. The molecule has 0 unspecified atom stereocenters. The van der Waals surface area contributed by atoms with Crippen molar-refractivity contribution in [2.24, 2.45) is 0 Å². The van der Waals surface area contributed by atoms with Gasteiger partial charge in [-0.2, -0.15) is 0 Å². The third-order valence-electron chi connectivity index (χ3n) is 3.92. The Morgan fingerprint density at radius 1 is 1.19 bits per heavy atom. The molecule has 1 amide bonds. The van der Waals surface area contributed by atoms with E-state index in [1.165, 1.54) is 18.4 Å². The summed E-state index contributed by atoms with van der Waals surface area (Å²) in [5.74, 6) is 2.03. The second-order valence-corrected chi connectivity index (χ2v) is 6.37. The molecule has 0 atom stereocenters. The Morgan fingerprint density at radius 2 is 2.07 bits per heavy atom. The highest BCUT2D eigenvalue weighted by Crippen LogP contribution is 2.34. The maximum atomic E-state index is 12.6. The van der Waals surface area contributed by atoms with Crippen LogP contribution in [0.1, 0.15) is 16.1 Å². The van der Waals surface area contributed by atoms with Gasteiger partial charge in [-0.05, 0) is 30.3 Å². The van der Waals surface area contributed by atoms with Gasteiger partial charge >= 0.3 is 0 Å². The molecule has 0 bridgehead atoms. The van der Waals surface area contributed by atoms with E-state index < -0.39 is 0 Å². The third-order valence-corrected chi connectivity index (χ3v) is 4.55. The van der Waals surface area contributed by atoms with Gasteiger partial charge in [0, 0.05) is 22.7 Å². The van der Waals surface area contributed by atoms with E-state index in [4.69, 9.17) is 18.9 Å². The number of anilines is 1. The van der Waals surface area contributed by atoms with Gasteiger partial charge in [-0.1, -0.05) is 0 Å². The molecule has 0 saturated heterocycles. The van der Waals surface area contributed by atoms with Crippen LogP contribution in [0.25, 0.3) is 0 Å². The van der Waals surface area contributed by atoms with E-state index in [0.717, 1.165) is 5.69 Å². The first-order valence-corrected chi connectivity index (χ1v) is 9.06. The van der Waals surface area contributed by atoms with Gasteiger partial charge < -0.3 is 24.3 Å². The molecule has 0 saturated carbocycles. The first-order chi connectivity index (χ1) is 13.2. The monoisotopic (exact) mass is 384 g/mol. The molecule has 0 aliphatic carbocycles. The van der Waals surface area contributed by atoms with Crippen LogP contribution in [0.3, 0.4) is 0 Å². The Morgan fingerprint density at radius 3 is 2.89 bits per heavy atom. The fourth-order valence-electron chi connectivity index (χ4n) is 2.57. The van der Waals surface area contributed by atoms with E-state index in [1.54, 1.807) is 41.9 Å². The molecule has 27 heavy (non-hydrogen) atoms. The minimum atomic E-state index is -0.266. The molecule has 7 nitrogen and oxygen atoms in total. The van der Waals surface area contributed by atoms with Crippen LogP contribution in [-0.4, -0.2) is 24.8 Å². The van der Waals surface area contributed by atoms with Crippen molar-refractivity contribution < 1.29 is 23.7 Å². The van der Waals surface area contributed by atoms with Crippen LogP contribution in [0.5, 0.6) is 23.0 Å². The highest BCUT2D eigenvalue weighted by molar-refractivity contribution is 7.07. The van der Waals surface area contributed by atoms with Crippen LogP contribution in [0.2, 0.25) is 0 Å². The molecule has 138 valence electrons. The second kappa shape index (κ2) is 7.55. The van der Waals surface area contributed by atoms with Gasteiger partial charge in [0.05, 0.1) is 18.3 Å². The van der Waals surface area contributed by atoms with Crippen LogP contribution < -0.4 is 24.3 Å². The maximum Gasteiger partial charge on any atom is 0.255 e. The Bertz CT molecular complexity index is 959. The number of hydrogen-bond donors (Lipinski definition) is 1. The van der Waals surface area contributed by atoms with Crippen molar-refractivity contribution in [3.05, 3.63) is 58.5 Å². The Balaban J connectivity index is 1.47. The number of hydrogen-bond acceptors (Lipinski definition) is 7. The number of nitrogens with one attached hydrogen (secondary N) is 1. The van der Waals surface area contributed by atoms with Gasteiger partial charge in [0.15, 0.2) is 23.0 Å². The van der Waals surface area contributed by atoms with Crippen molar-refractivity contribution in [1.82, 2.24) is 4.98 Å². The summed E-state index contributed by atoms with van der Waals surface area (Å²) in [4.78, 5) is 16.7. The van der Waals surface area contributed by atoms with E-state index in [1.807, 2.05) is 5.38 Å². The smallest absolute Gasteiger partial charge is 0.255 e. The predicted octanol–water partition coefficient (Wildman–Crippen LogP) is 3.71. The molecule has 1 aromatic heterocycles. The summed E-state index contributed by atoms with van der Waals surface area (Å²) in [5.41, 5.74) is 3.66. The van der Waals surface area contributed by atoms with E-state index >= 15 is 0 Å². The number of ether oxygens (including phenoxy) is 4. The van der Waals surface area contributed by atoms with Crippen molar-refractivity contribution in [1.29, 1.82) is 0 Å². The van der Waals surface area contributed by atoms with Crippen LogP contribution >= 0.6 is 11.3 Å². The molecule has 3 aromatic rings. The van der Waals surface area contributed by atoms with Gasteiger partial charge in [-0.15, -0.1) is 11.3 Å². The fraction of sp³-hybridized carbons (Fsp3) is 0.158. The number of methoxy groups -OCH3 is 1. The lowest BCUT2D eigenvalue weighted by Gasteiger charge is -2.12. The van der Waals surface area contributed by atoms with Gasteiger partial charge in [-0.3, -0.25) is 4.79 Å². The Hall–Kier alpha value is -3.26. The average molecular weight is 384 g/mol. The zero-order valence-corrected chi connectivity index (χ0v) is 15.2. The minimum absolute atomic E-state index is 0.187. The number of nitrogens with zero attached hydrogens (tertiary/aromatic N) is 1. The van der Waals surface area contributed by atoms with Gasteiger partial charge in [0.2, 0.25) is 6.79 Å². The van der Waals surface area contributed by atoms with Crippen LogP contribution in [0.15, 0.2) is 47.3 Å². The van der Waals surface area contributed by atoms with Crippen molar-refractivity contribution >= 4 is 22.9 Å². The van der Waals surface area contributed by atoms with Gasteiger partial charge in [0.1, 0.15) is 6.61 Å². The zero-order chi connectivity index (χ0) is 18.6. The Labute approximate surface area is 159 Å². The molecular formula is C19H16N2O5S. The lowest BCUT2D eigenvalue weighted by atomic mass is 10.1. The average Bonchev–Trinajstić information content (AvgIpc) is 3.37. The molecule has 0 spiro atoms. The normalized spacial score (nSPS) is 11.9. The second-order valence-electron chi connectivity index (χ2n) is 5.66. The highest BCUT2D eigenvalue weighted by Gasteiger charge is 2.16. The molecular weight excluding hydrogens is 368 g/mol. The summed E-state index contributed by atoms with van der Waals surface area (Å²) in [6.45, 7) is 0.523. The number of amides is 1. The molecule has 1 aliphatic rings. The maximum absolute atomic E-state index is 12.6. The van der Waals surface area contributed by atoms with E-state index in [9.17, 15) is 4.79 Å². The SMILES string of the molecule is COc1cc(C(=O)Nc2ccc3c(c2)OCO3)ccc1OCc1cscn1. The largest absolute Gasteiger partial charge is 0.493 e. The molecule has 1 N–H and O–H groups in total. The molecule has 0 radical (unpaired) electrons. The van der Waals surface area contributed by atoms with Crippen LogP contribution in [0.4, 0.5) is 5.69 Å². The van der Waals surface area contributed by atoms with Crippen LogP contribution in [0, 0.1) is 0 Å². The quantitative estimate of drug-likeness (QED) is 0.698. The standard InChI is InChI=1S/C19H16N2O5S/c1-23-17-6-12(2-4-15(17)24-8-14-9-27-10-20-14)19(22)21-13-3-5-16-18(7-13)26-11-25-16/h2-7,9-10H,8,11H2,1H3,(H,21,22). The molecule has 2 aromatic carbocycles. The lowest BCUT2D eigenvalue weighted by Crippen LogP contribution is -2.12. The highest BCUT2D eigenvalue weighted by atomic mass is 32.1. The number of benzene rings is 2. The first kappa shape index (κ1) is 17.2. The number of carbonyl (C=O) groups is 1. The summed E-state index contributed by atoms with van der Waals surface area (Å²) in [6, 6.07) is 10.3. The molecule has 4 rings (SSSR count). The fourth-order valence-corrected chi connectivity index (χ4v) is 3.11. The summed E-state index contributed by atoms with van der Waals surface area (Å²) < 4.78 is 21.7.